The molecule has 3 aliphatic rings. The second kappa shape index (κ2) is 53.7. The Hall–Kier alpha value is -1.67. The van der Waals surface area contributed by atoms with E-state index in [1.807, 2.05) is 0 Å². The van der Waals surface area contributed by atoms with Crippen LogP contribution in [0.2, 0.25) is 0 Å². The van der Waals surface area contributed by atoms with Gasteiger partial charge in [-0.3, -0.25) is 107 Å². The molecule has 10 N–H and O–H groups in total. The van der Waals surface area contributed by atoms with Crippen LogP contribution in [-0.2, 0) is 57.5 Å². The van der Waals surface area contributed by atoms with Gasteiger partial charge in [-0.15, -0.1) is 0 Å². The van der Waals surface area contributed by atoms with Gasteiger partial charge in [-0.2, -0.15) is 0 Å². The van der Waals surface area contributed by atoms with Crippen molar-refractivity contribution in [2.45, 2.75) is 0 Å². The van der Waals surface area contributed by atoms with Crippen LogP contribution in [0.5, 0.6) is 0 Å². The molecule has 0 bridgehead atoms. The fourth-order valence-electron chi connectivity index (χ4n) is 8.91. The van der Waals surface area contributed by atoms with Crippen molar-refractivity contribution in [2.24, 2.45) is 0 Å². The summed E-state index contributed by atoms with van der Waals surface area (Å²) in [6.45, 7) is 3.88. The zero-order valence-corrected chi connectivity index (χ0v) is 58.1. The van der Waals surface area contributed by atoms with Crippen molar-refractivity contribution in [2.75, 3.05) is 236 Å². The Bertz CT molecular complexity index is 1600. The number of aliphatic carboxylic acids is 12. The molecule has 36 nitrogen and oxygen atoms in total. The zero-order chi connectivity index (χ0) is 63.3. The van der Waals surface area contributed by atoms with Crippen LogP contribution in [0, 0.1) is 79.9 Å². The van der Waals surface area contributed by atoms with Gasteiger partial charge >= 0.3 is 175 Å². The van der Waals surface area contributed by atoms with E-state index in [0.29, 0.717) is 105 Å². The van der Waals surface area contributed by atoms with Crippen molar-refractivity contribution in [3.63, 3.8) is 0 Å². The van der Waals surface area contributed by atoms with Crippen LogP contribution in [0.15, 0.2) is 0 Å². The molecule has 0 spiro atoms. The molecule has 493 valence electrons. The van der Waals surface area contributed by atoms with Crippen LogP contribution in [0.25, 0.3) is 0 Å². The molecule has 0 atom stereocenters. The molecule has 40 heteroatoms. The quantitative estimate of drug-likeness (QED) is 0.0401. The largest absolute Gasteiger partial charge is 3.00 e. The van der Waals surface area contributed by atoms with E-state index < -0.39 is 71.6 Å². The molecule has 88 heavy (non-hydrogen) atoms. The molecule has 0 unspecified atom stereocenters. The maximum Gasteiger partial charge on any atom is 3.00 e. The van der Waals surface area contributed by atoms with Gasteiger partial charge in [0.2, 0.25) is 0 Å². The fourth-order valence-corrected chi connectivity index (χ4v) is 8.91. The maximum atomic E-state index is 11.1. The molecule has 0 aromatic heterocycles. The van der Waals surface area contributed by atoms with Gasteiger partial charge in [0, 0.05) is 210 Å². The average molecular weight is 1610 g/mol. The standard InChI is InChI=1S/3C16H28N4O8.2Ca.2Gd/c3*21-13(22)9-17-1-2-18(10-14(23)24)5-6-20(12-16(27)28)8-7-19(4-3-17)11-15(25)26;;;;/h3*1-12H2,(H,21,22)(H,23,24)(H,25,26)(H,27,28);;;;/q;;;2*+2;;+3/p-2. The third-order valence-electron chi connectivity index (χ3n) is 13.1. The molecule has 3 rings (SSSR count). The molecular weight excluding hydrogens is 1520 g/mol. The molecule has 0 aromatic carbocycles. The van der Waals surface area contributed by atoms with Crippen molar-refractivity contribution in [1.82, 2.24) is 58.8 Å². The third-order valence-corrected chi connectivity index (χ3v) is 13.1. The Morgan fingerprint density at radius 1 is 0.205 bits per heavy atom. The molecule has 3 aliphatic heterocycles. The predicted octanol–water partition coefficient (Wildman–Crippen LogP) is -10.8. The summed E-state index contributed by atoms with van der Waals surface area (Å²) in [6, 6.07) is 0. The minimum absolute atomic E-state index is 0. The van der Waals surface area contributed by atoms with Crippen LogP contribution in [0.1, 0.15) is 0 Å². The van der Waals surface area contributed by atoms with Crippen LogP contribution < -0.4 is 10.2 Å². The Kier molecular flexibility index (Phi) is 56.6. The minimum atomic E-state index is -1.28. The molecule has 0 aromatic rings. The smallest absolute Gasteiger partial charge is 0.549 e. The van der Waals surface area contributed by atoms with E-state index >= 15 is 0 Å². The number of carbonyl (C=O) groups excluding carboxylic acids is 2. The van der Waals surface area contributed by atoms with Gasteiger partial charge in [0.1, 0.15) is 0 Å². The van der Waals surface area contributed by atoms with E-state index in [0.717, 1.165) is 0 Å². The molecule has 3 heterocycles. The summed E-state index contributed by atoms with van der Waals surface area (Å²) >= 11 is 0. The molecule has 0 saturated carbocycles. The van der Waals surface area contributed by atoms with E-state index in [1.165, 1.54) is 0 Å². The van der Waals surface area contributed by atoms with Gasteiger partial charge in [0.25, 0.3) is 0 Å². The first-order valence-electron chi connectivity index (χ1n) is 26.7. The summed E-state index contributed by atoms with van der Waals surface area (Å²) in [7, 11) is 0. The normalized spacial score (nSPS) is 18.5. The Balaban J connectivity index is -0.000000588. The van der Waals surface area contributed by atoms with Crippen molar-refractivity contribution in [3.05, 3.63) is 0 Å². The first-order valence-corrected chi connectivity index (χ1v) is 26.7. The van der Waals surface area contributed by atoms with Gasteiger partial charge < -0.3 is 70.9 Å². The summed E-state index contributed by atoms with van der Waals surface area (Å²) in [5.41, 5.74) is 0. The number of nitrogens with zero attached hydrogens (tertiary/aromatic N) is 12. The predicted molar refractivity (Wildman–Crippen MR) is 295 cm³/mol. The van der Waals surface area contributed by atoms with E-state index in [1.54, 1.807) is 58.8 Å². The second-order valence-corrected chi connectivity index (χ2v) is 20.0. The Labute approximate surface area is 632 Å². The van der Waals surface area contributed by atoms with Crippen molar-refractivity contribution in [1.29, 1.82) is 0 Å². The van der Waals surface area contributed by atoms with E-state index in [-0.39, 0.29) is 286 Å². The molecule has 1 radical (unpaired) electrons. The summed E-state index contributed by atoms with van der Waals surface area (Å²) in [5.74, 6) is -12.8. The van der Waals surface area contributed by atoms with E-state index in [9.17, 15) is 67.7 Å². The Morgan fingerprint density at radius 3 is 0.330 bits per heavy atom. The number of carboxylic acids is 12. The molecule has 3 saturated heterocycles. The maximum absolute atomic E-state index is 11.1. The van der Waals surface area contributed by atoms with Crippen LogP contribution in [-0.4, -0.2) is 493 Å². The summed E-state index contributed by atoms with van der Waals surface area (Å²) in [6.07, 6.45) is 0. The summed E-state index contributed by atoms with van der Waals surface area (Å²) < 4.78 is 0. The number of hydrogen-bond acceptors (Lipinski definition) is 26. The van der Waals surface area contributed by atoms with Gasteiger partial charge in [0.15, 0.2) is 0 Å². The van der Waals surface area contributed by atoms with Gasteiger partial charge in [-0.1, -0.05) is 0 Å². The SMILES string of the molecule is O=C(O)CN1CCN(CC(=O)O)CCN(CC(=O)O)CCN(CC(=O)O)CC1.O=C(O)CN1CCN(CC(=O)O)CCN(CC(=O)O)CCN(CC(=O)O)CC1.O=C([O-])CN1CCN(CC(=O)[O-])CCN(CC(=O)O)CCN(CC(=O)O)CC1.[Ca+2].[Ca+2].[Gd+3].[Gd]. The van der Waals surface area contributed by atoms with Crippen LogP contribution in [0.3, 0.4) is 0 Å². The average Bonchev–Trinajstić information content (AvgIpc) is 3.35. The monoisotopic (exact) mass is 1610 g/mol. The number of carbonyl (C=O) groups is 12. The van der Waals surface area contributed by atoms with Crippen molar-refractivity contribution >= 4 is 147 Å². The summed E-state index contributed by atoms with van der Waals surface area (Å²) in [5, 5.41) is 113. The third kappa shape index (κ3) is 51.8. The number of hydrogen-bond donors (Lipinski definition) is 10. The first kappa shape index (κ1) is 92.7. The fraction of sp³-hybridized carbons (Fsp3) is 0.750. The first-order chi connectivity index (χ1) is 39.5. The van der Waals surface area contributed by atoms with Crippen molar-refractivity contribution < 1.29 is 199 Å². The van der Waals surface area contributed by atoms with Crippen LogP contribution in [0.4, 0.5) is 0 Å². The Morgan fingerprint density at radius 2 is 0.273 bits per heavy atom. The topological polar surface area (TPSA) is 492 Å². The van der Waals surface area contributed by atoms with Gasteiger partial charge in [-0.25, -0.2) is 0 Å². The summed E-state index contributed by atoms with van der Waals surface area (Å²) in [4.78, 5) is 152. The van der Waals surface area contributed by atoms with Gasteiger partial charge in [-0.05, 0) is 0 Å². The molecule has 3 fully saturated rings. The van der Waals surface area contributed by atoms with E-state index in [4.69, 9.17) is 51.1 Å². The molecule has 0 aliphatic carbocycles. The molecule has 0 amide bonds. The minimum Gasteiger partial charge on any atom is -0.549 e. The van der Waals surface area contributed by atoms with E-state index in [2.05, 4.69) is 0 Å². The second-order valence-electron chi connectivity index (χ2n) is 20.0. The van der Waals surface area contributed by atoms with Gasteiger partial charge in [0.05, 0.1) is 77.4 Å². The number of rotatable bonds is 24. The zero-order valence-electron chi connectivity index (χ0n) is 49.1. The molecular formula is C48H82Ca2Gd2N12O24+5. The number of carboxylic acid groups (broad SMARTS) is 12. The van der Waals surface area contributed by atoms with Crippen molar-refractivity contribution in [3.8, 4) is 0 Å². The van der Waals surface area contributed by atoms with Crippen LogP contribution >= 0.6 is 0 Å².